The molecule has 0 saturated carbocycles. The standard InChI is InChI=1S/C21H38N4O2.HI/c1-4-8-18(11-14-26)15-23-21(22-5-2)24-16-19(25-12-6-7-13-25)20-10-9-17(3)27-20;/h9-10,18-19,26H,4-8,11-16H2,1-3H3,(H2,22,23,24);1H. The van der Waals surface area contributed by atoms with E-state index in [1.165, 1.54) is 12.8 Å². The quantitative estimate of drug-likeness (QED) is 0.243. The zero-order valence-electron chi connectivity index (χ0n) is 17.7. The molecule has 3 N–H and O–H groups in total. The molecule has 1 aromatic rings. The average Bonchev–Trinajstić information content (AvgIpc) is 3.32. The Hall–Kier alpha value is -0.800. The predicted octanol–water partition coefficient (Wildman–Crippen LogP) is 3.70. The lowest BCUT2D eigenvalue weighted by molar-refractivity contribution is 0.213. The summed E-state index contributed by atoms with van der Waals surface area (Å²) < 4.78 is 5.94. The van der Waals surface area contributed by atoms with Crippen molar-refractivity contribution in [1.82, 2.24) is 15.5 Å². The van der Waals surface area contributed by atoms with Crippen LogP contribution in [0.4, 0.5) is 0 Å². The lowest BCUT2D eigenvalue weighted by Gasteiger charge is -2.27. The molecule has 2 heterocycles. The molecule has 28 heavy (non-hydrogen) atoms. The number of likely N-dealkylation sites (tertiary alicyclic amines) is 1. The SMILES string of the molecule is CCCC(CCO)CN=C(NCC)NCC(c1ccc(C)o1)N1CCCC1.I. The zero-order valence-corrected chi connectivity index (χ0v) is 20.1. The number of halogens is 1. The third-order valence-electron chi connectivity index (χ3n) is 5.22. The van der Waals surface area contributed by atoms with Gasteiger partial charge in [0.1, 0.15) is 11.5 Å². The fourth-order valence-electron chi connectivity index (χ4n) is 3.77. The first-order valence-electron chi connectivity index (χ1n) is 10.6. The van der Waals surface area contributed by atoms with Crippen LogP contribution in [0.1, 0.15) is 63.5 Å². The smallest absolute Gasteiger partial charge is 0.191 e. The minimum absolute atomic E-state index is 0. The maximum atomic E-state index is 9.26. The molecule has 1 saturated heterocycles. The molecule has 6 nitrogen and oxygen atoms in total. The van der Waals surface area contributed by atoms with Gasteiger partial charge in [0.15, 0.2) is 5.96 Å². The van der Waals surface area contributed by atoms with Crippen LogP contribution in [0.15, 0.2) is 21.5 Å². The number of hydrogen-bond acceptors (Lipinski definition) is 4. The maximum Gasteiger partial charge on any atom is 0.191 e. The average molecular weight is 506 g/mol. The molecule has 162 valence electrons. The molecule has 2 unspecified atom stereocenters. The van der Waals surface area contributed by atoms with Crippen molar-refractivity contribution in [3.05, 3.63) is 23.7 Å². The maximum absolute atomic E-state index is 9.26. The van der Waals surface area contributed by atoms with Crippen LogP contribution in [0.25, 0.3) is 0 Å². The summed E-state index contributed by atoms with van der Waals surface area (Å²) in [6, 6.07) is 4.37. The molecular formula is C21H39IN4O2. The Morgan fingerprint density at radius 2 is 1.96 bits per heavy atom. The monoisotopic (exact) mass is 506 g/mol. The van der Waals surface area contributed by atoms with Gasteiger partial charge in [-0.3, -0.25) is 9.89 Å². The first kappa shape index (κ1) is 25.2. The number of nitrogens with one attached hydrogen (secondary N) is 2. The van der Waals surface area contributed by atoms with Crippen LogP contribution in [-0.4, -0.2) is 55.3 Å². The molecule has 1 fully saturated rings. The van der Waals surface area contributed by atoms with Crippen LogP contribution in [0.3, 0.4) is 0 Å². The molecule has 0 spiro atoms. The highest BCUT2D eigenvalue weighted by Crippen LogP contribution is 2.26. The first-order valence-corrected chi connectivity index (χ1v) is 10.6. The van der Waals surface area contributed by atoms with E-state index in [-0.39, 0.29) is 36.6 Å². The molecule has 0 radical (unpaired) electrons. The number of aliphatic imine (C=N–C) groups is 1. The second-order valence-electron chi connectivity index (χ2n) is 7.47. The highest BCUT2D eigenvalue weighted by Gasteiger charge is 2.26. The summed E-state index contributed by atoms with van der Waals surface area (Å²) in [5.74, 6) is 3.28. The van der Waals surface area contributed by atoms with Crippen LogP contribution in [0.2, 0.25) is 0 Å². The third-order valence-corrected chi connectivity index (χ3v) is 5.22. The number of hydrogen-bond donors (Lipinski definition) is 3. The van der Waals surface area contributed by atoms with Crippen molar-refractivity contribution in [2.24, 2.45) is 10.9 Å². The summed E-state index contributed by atoms with van der Waals surface area (Å²) >= 11 is 0. The van der Waals surface area contributed by atoms with E-state index in [2.05, 4.69) is 35.4 Å². The summed E-state index contributed by atoms with van der Waals surface area (Å²) in [5.41, 5.74) is 0. The molecule has 7 heteroatoms. The van der Waals surface area contributed by atoms with Crippen LogP contribution in [0, 0.1) is 12.8 Å². The van der Waals surface area contributed by atoms with Gasteiger partial charge in [0.05, 0.1) is 6.04 Å². The number of aliphatic hydroxyl groups is 1. The van der Waals surface area contributed by atoms with Crippen molar-refractivity contribution in [3.63, 3.8) is 0 Å². The molecule has 1 aliphatic heterocycles. The van der Waals surface area contributed by atoms with Gasteiger partial charge >= 0.3 is 0 Å². The number of nitrogens with zero attached hydrogens (tertiary/aromatic N) is 2. The van der Waals surface area contributed by atoms with Crippen LogP contribution < -0.4 is 10.6 Å². The first-order chi connectivity index (χ1) is 13.2. The molecule has 0 bridgehead atoms. The minimum Gasteiger partial charge on any atom is -0.465 e. The molecule has 1 aromatic heterocycles. The summed E-state index contributed by atoms with van der Waals surface area (Å²) in [6.07, 6.45) is 5.55. The van der Waals surface area contributed by atoms with Gasteiger partial charge in [-0.1, -0.05) is 13.3 Å². The van der Waals surface area contributed by atoms with E-state index < -0.39 is 0 Å². The molecule has 0 aromatic carbocycles. The Labute approximate surface area is 187 Å². The Kier molecular flexibility index (Phi) is 12.8. The number of guanidine groups is 1. The molecule has 0 amide bonds. The van der Waals surface area contributed by atoms with E-state index in [1.54, 1.807) is 0 Å². The van der Waals surface area contributed by atoms with Crippen molar-refractivity contribution < 1.29 is 9.52 Å². The Bertz CT molecular complexity index is 552. The van der Waals surface area contributed by atoms with Gasteiger partial charge in [-0.05, 0) is 70.7 Å². The zero-order chi connectivity index (χ0) is 19.5. The van der Waals surface area contributed by atoms with E-state index in [4.69, 9.17) is 9.41 Å². The Balaban J connectivity index is 0.00000392. The summed E-state index contributed by atoms with van der Waals surface area (Å²) in [7, 11) is 0. The van der Waals surface area contributed by atoms with Gasteiger partial charge < -0.3 is 20.2 Å². The summed E-state index contributed by atoms with van der Waals surface area (Å²) in [5, 5.41) is 16.1. The number of rotatable bonds is 11. The molecule has 2 rings (SSSR count). The van der Waals surface area contributed by atoms with E-state index in [0.717, 1.165) is 69.5 Å². The second kappa shape index (κ2) is 14.2. The van der Waals surface area contributed by atoms with Crippen LogP contribution in [-0.2, 0) is 0 Å². The minimum atomic E-state index is 0. The highest BCUT2D eigenvalue weighted by atomic mass is 127. The van der Waals surface area contributed by atoms with Crippen molar-refractivity contribution in [2.45, 2.75) is 58.9 Å². The lowest BCUT2D eigenvalue weighted by atomic mass is 10.0. The van der Waals surface area contributed by atoms with Crippen molar-refractivity contribution in [1.29, 1.82) is 0 Å². The van der Waals surface area contributed by atoms with Gasteiger partial charge in [0.25, 0.3) is 0 Å². The van der Waals surface area contributed by atoms with Crippen molar-refractivity contribution >= 4 is 29.9 Å². The van der Waals surface area contributed by atoms with Gasteiger partial charge in [-0.2, -0.15) is 0 Å². The van der Waals surface area contributed by atoms with E-state index in [9.17, 15) is 5.11 Å². The number of furan rings is 1. The molecule has 2 atom stereocenters. The predicted molar refractivity (Wildman–Crippen MR) is 126 cm³/mol. The Morgan fingerprint density at radius 1 is 1.21 bits per heavy atom. The highest BCUT2D eigenvalue weighted by molar-refractivity contribution is 14.0. The van der Waals surface area contributed by atoms with E-state index in [1.807, 2.05) is 13.0 Å². The van der Waals surface area contributed by atoms with Gasteiger partial charge in [-0.15, -0.1) is 24.0 Å². The molecule has 1 aliphatic rings. The fraction of sp³-hybridized carbons (Fsp3) is 0.762. The van der Waals surface area contributed by atoms with Crippen molar-refractivity contribution in [3.8, 4) is 0 Å². The van der Waals surface area contributed by atoms with E-state index in [0.29, 0.717) is 5.92 Å². The third kappa shape index (κ3) is 8.29. The van der Waals surface area contributed by atoms with Crippen LogP contribution in [0.5, 0.6) is 0 Å². The number of aryl methyl sites for hydroxylation is 1. The van der Waals surface area contributed by atoms with Crippen molar-refractivity contribution in [2.75, 3.05) is 39.3 Å². The summed E-state index contributed by atoms with van der Waals surface area (Å²) in [6.45, 7) is 11.1. The van der Waals surface area contributed by atoms with Gasteiger partial charge in [0, 0.05) is 26.2 Å². The molecule has 0 aliphatic carbocycles. The second-order valence-corrected chi connectivity index (χ2v) is 7.47. The fourth-order valence-corrected chi connectivity index (χ4v) is 3.77. The largest absolute Gasteiger partial charge is 0.465 e. The lowest BCUT2D eigenvalue weighted by Crippen LogP contribution is -2.42. The van der Waals surface area contributed by atoms with Gasteiger partial charge in [0.2, 0.25) is 0 Å². The van der Waals surface area contributed by atoms with Crippen LogP contribution >= 0.6 is 24.0 Å². The molecular weight excluding hydrogens is 467 g/mol. The normalized spacial score (nSPS) is 17.2. The summed E-state index contributed by atoms with van der Waals surface area (Å²) in [4.78, 5) is 7.28. The Morgan fingerprint density at radius 3 is 2.54 bits per heavy atom. The topological polar surface area (TPSA) is 73.0 Å². The number of aliphatic hydroxyl groups excluding tert-OH is 1. The van der Waals surface area contributed by atoms with E-state index >= 15 is 0 Å². The van der Waals surface area contributed by atoms with Gasteiger partial charge in [-0.25, -0.2) is 0 Å².